The molecule has 5 rings (SSSR count). The SMILES string of the molecule is COC(=O)c1ccc2c(c1)CCCC(C1=C(Cl)C=C(Cl)CC1)=C2c1ccc(C=C2CNC2)cn1. The normalized spacial score (nSPS) is 18.1. The number of nitrogens with one attached hydrogen (secondary N) is 1. The van der Waals surface area contributed by atoms with Gasteiger partial charge in [-0.15, -0.1) is 0 Å². The molecule has 2 aliphatic carbocycles. The van der Waals surface area contributed by atoms with Crippen LogP contribution in [0.2, 0.25) is 0 Å². The number of allylic oxidation sites excluding steroid dienone is 5. The Morgan fingerprint density at radius 1 is 1.06 bits per heavy atom. The van der Waals surface area contributed by atoms with Gasteiger partial charge >= 0.3 is 5.97 Å². The first-order valence-electron chi connectivity index (χ1n) is 11.6. The molecule has 0 unspecified atom stereocenters. The predicted octanol–water partition coefficient (Wildman–Crippen LogP) is 6.40. The number of aromatic nitrogens is 1. The molecule has 6 heteroatoms. The van der Waals surface area contributed by atoms with E-state index >= 15 is 0 Å². The highest BCUT2D eigenvalue weighted by molar-refractivity contribution is 6.35. The van der Waals surface area contributed by atoms with Crippen LogP contribution in [0, 0.1) is 0 Å². The second-order valence-electron chi connectivity index (χ2n) is 8.87. The van der Waals surface area contributed by atoms with Crippen LogP contribution in [0.3, 0.4) is 0 Å². The molecule has 0 radical (unpaired) electrons. The lowest BCUT2D eigenvalue weighted by Gasteiger charge is -2.21. The van der Waals surface area contributed by atoms with E-state index < -0.39 is 0 Å². The molecule has 2 aromatic rings. The maximum absolute atomic E-state index is 12.2. The molecule has 0 atom stereocenters. The minimum atomic E-state index is -0.323. The molecule has 1 fully saturated rings. The highest BCUT2D eigenvalue weighted by Crippen LogP contribution is 2.42. The summed E-state index contributed by atoms with van der Waals surface area (Å²) in [5, 5.41) is 4.76. The first-order valence-corrected chi connectivity index (χ1v) is 12.4. The van der Waals surface area contributed by atoms with E-state index in [0.29, 0.717) is 10.6 Å². The molecule has 3 aliphatic rings. The van der Waals surface area contributed by atoms with E-state index in [4.69, 9.17) is 32.9 Å². The van der Waals surface area contributed by atoms with Gasteiger partial charge in [-0.3, -0.25) is 4.98 Å². The number of fused-ring (bicyclic) bond motifs is 1. The number of nitrogens with zero attached hydrogens (tertiary/aromatic N) is 1. The second kappa shape index (κ2) is 9.91. The summed E-state index contributed by atoms with van der Waals surface area (Å²) in [4.78, 5) is 17.1. The number of hydrogen-bond acceptors (Lipinski definition) is 4. The Morgan fingerprint density at radius 2 is 1.91 bits per heavy atom. The smallest absolute Gasteiger partial charge is 0.337 e. The van der Waals surface area contributed by atoms with E-state index in [1.807, 2.05) is 30.5 Å². The largest absolute Gasteiger partial charge is 0.465 e. The summed E-state index contributed by atoms with van der Waals surface area (Å²) in [7, 11) is 1.41. The maximum Gasteiger partial charge on any atom is 0.337 e. The van der Waals surface area contributed by atoms with Crippen molar-refractivity contribution in [3.05, 3.63) is 97.3 Å². The van der Waals surface area contributed by atoms with Gasteiger partial charge < -0.3 is 10.1 Å². The summed E-state index contributed by atoms with van der Waals surface area (Å²) >= 11 is 13.0. The van der Waals surface area contributed by atoms with Crippen LogP contribution in [-0.4, -0.2) is 31.2 Å². The fourth-order valence-corrected chi connectivity index (χ4v) is 5.43. The molecule has 1 N–H and O–H groups in total. The molecular formula is C28H26Cl2N2O2. The standard InChI is InChI=1S/C28H26Cl2N2O2/c1-34-28(33)20-6-8-22-19(12-20)3-2-4-24(23-9-7-21(29)13-25(23)30)27(22)26-10-5-17(16-32-26)11-18-14-31-15-18/h5-6,8,10-13,16,31H,2-4,7,9,14-15H2,1H3. The fourth-order valence-electron chi connectivity index (χ4n) is 4.83. The number of carbonyl (C=O) groups is 1. The van der Waals surface area contributed by atoms with Crippen molar-refractivity contribution in [2.24, 2.45) is 0 Å². The minimum Gasteiger partial charge on any atom is -0.465 e. The first-order chi connectivity index (χ1) is 16.5. The fraction of sp³-hybridized carbons (Fsp3) is 0.286. The lowest BCUT2D eigenvalue weighted by atomic mass is 9.86. The Labute approximate surface area is 210 Å². The van der Waals surface area contributed by atoms with Gasteiger partial charge in [0.1, 0.15) is 0 Å². The molecule has 4 nitrogen and oxygen atoms in total. The number of benzene rings is 1. The summed E-state index contributed by atoms with van der Waals surface area (Å²) in [6, 6.07) is 10.0. The Kier molecular flexibility index (Phi) is 6.73. The van der Waals surface area contributed by atoms with Crippen LogP contribution >= 0.6 is 23.2 Å². The highest BCUT2D eigenvalue weighted by atomic mass is 35.5. The van der Waals surface area contributed by atoms with Crippen molar-refractivity contribution in [2.75, 3.05) is 20.2 Å². The molecule has 174 valence electrons. The summed E-state index contributed by atoms with van der Waals surface area (Å²) in [6.07, 6.45) is 10.3. The summed E-state index contributed by atoms with van der Waals surface area (Å²) in [5.41, 5.74) is 9.63. The number of ether oxygens (including phenoxy) is 1. The van der Waals surface area contributed by atoms with Crippen LogP contribution < -0.4 is 5.32 Å². The van der Waals surface area contributed by atoms with Gasteiger partial charge in [-0.2, -0.15) is 0 Å². The van der Waals surface area contributed by atoms with Crippen LogP contribution in [0.4, 0.5) is 0 Å². The van der Waals surface area contributed by atoms with Crippen molar-refractivity contribution in [2.45, 2.75) is 32.1 Å². The van der Waals surface area contributed by atoms with Crippen molar-refractivity contribution in [1.82, 2.24) is 10.3 Å². The Hall–Kier alpha value is -2.66. The number of methoxy groups -OCH3 is 1. The molecule has 0 spiro atoms. The van der Waals surface area contributed by atoms with Crippen LogP contribution in [0.25, 0.3) is 11.6 Å². The zero-order valence-corrected chi connectivity index (χ0v) is 20.6. The van der Waals surface area contributed by atoms with Crippen LogP contribution in [-0.2, 0) is 11.2 Å². The van der Waals surface area contributed by atoms with Crippen LogP contribution in [0.1, 0.15) is 58.4 Å². The number of esters is 1. The van der Waals surface area contributed by atoms with Gasteiger partial charge in [-0.1, -0.05) is 41.4 Å². The maximum atomic E-state index is 12.2. The number of halogens is 2. The van der Waals surface area contributed by atoms with E-state index in [9.17, 15) is 4.79 Å². The van der Waals surface area contributed by atoms with Crippen molar-refractivity contribution in [3.63, 3.8) is 0 Å². The lowest BCUT2D eigenvalue weighted by Crippen LogP contribution is -2.33. The van der Waals surface area contributed by atoms with Crippen molar-refractivity contribution < 1.29 is 9.53 Å². The van der Waals surface area contributed by atoms with E-state index in [2.05, 4.69) is 23.5 Å². The molecule has 1 aromatic carbocycles. The number of pyridine rings is 1. The third kappa shape index (κ3) is 4.63. The number of aryl methyl sites for hydroxylation is 1. The molecule has 1 aliphatic heterocycles. The number of rotatable bonds is 4. The quantitative estimate of drug-likeness (QED) is 0.501. The van der Waals surface area contributed by atoms with Crippen molar-refractivity contribution in [3.8, 4) is 0 Å². The third-order valence-corrected chi connectivity index (χ3v) is 7.27. The van der Waals surface area contributed by atoms with E-state index in [1.165, 1.54) is 18.3 Å². The minimum absolute atomic E-state index is 0.323. The molecule has 34 heavy (non-hydrogen) atoms. The lowest BCUT2D eigenvalue weighted by molar-refractivity contribution is 0.0600. The highest BCUT2D eigenvalue weighted by Gasteiger charge is 2.25. The van der Waals surface area contributed by atoms with E-state index in [0.717, 1.165) is 83.8 Å². The number of carbonyl (C=O) groups excluding carboxylic acids is 1. The predicted molar refractivity (Wildman–Crippen MR) is 138 cm³/mol. The molecule has 0 saturated carbocycles. The molecule has 1 saturated heterocycles. The van der Waals surface area contributed by atoms with Gasteiger partial charge in [0.25, 0.3) is 0 Å². The summed E-state index contributed by atoms with van der Waals surface area (Å²) < 4.78 is 4.95. The Morgan fingerprint density at radius 3 is 2.59 bits per heavy atom. The average Bonchev–Trinajstić information content (AvgIpc) is 3.00. The Balaban J connectivity index is 1.67. The van der Waals surface area contributed by atoms with Gasteiger partial charge in [0.2, 0.25) is 0 Å². The summed E-state index contributed by atoms with van der Waals surface area (Å²) in [6.45, 7) is 1.88. The van der Waals surface area contributed by atoms with E-state index in [-0.39, 0.29) is 5.97 Å². The van der Waals surface area contributed by atoms with Gasteiger partial charge in [-0.25, -0.2) is 4.79 Å². The second-order valence-corrected chi connectivity index (χ2v) is 9.76. The monoisotopic (exact) mass is 492 g/mol. The van der Waals surface area contributed by atoms with Crippen LogP contribution in [0.15, 0.2) is 69.4 Å². The molecule has 1 aromatic heterocycles. The zero-order valence-electron chi connectivity index (χ0n) is 19.1. The van der Waals surface area contributed by atoms with Crippen molar-refractivity contribution >= 4 is 40.8 Å². The Bertz CT molecular complexity index is 1260. The van der Waals surface area contributed by atoms with Gasteiger partial charge in [0.05, 0.1) is 18.4 Å². The molecule has 0 bridgehead atoms. The zero-order chi connectivity index (χ0) is 23.7. The summed E-state index contributed by atoms with van der Waals surface area (Å²) in [5.74, 6) is -0.323. The molecule has 0 amide bonds. The van der Waals surface area contributed by atoms with Gasteiger partial charge in [0, 0.05) is 34.9 Å². The van der Waals surface area contributed by atoms with Gasteiger partial charge in [0.15, 0.2) is 0 Å². The van der Waals surface area contributed by atoms with Crippen molar-refractivity contribution in [1.29, 1.82) is 0 Å². The molecule has 2 heterocycles. The first kappa shape index (κ1) is 23.1. The number of hydrogen-bond donors (Lipinski definition) is 1. The van der Waals surface area contributed by atoms with Gasteiger partial charge in [-0.05, 0) is 89.8 Å². The third-order valence-electron chi connectivity index (χ3n) is 6.64. The topological polar surface area (TPSA) is 51.2 Å². The van der Waals surface area contributed by atoms with Crippen LogP contribution in [0.5, 0.6) is 0 Å². The molecular weight excluding hydrogens is 467 g/mol. The van der Waals surface area contributed by atoms with E-state index in [1.54, 1.807) is 0 Å². The average molecular weight is 493 g/mol.